The first-order valence-electron chi connectivity index (χ1n) is 17.1. The number of hydrogen-bond acceptors (Lipinski definition) is 10. The molecule has 1 aromatic heterocycles. The first kappa shape index (κ1) is 38.2. The molecular weight excluding hydrogens is 684 g/mol. The number of amides is 1. The fraction of sp³-hybridized carbons (Fsp3) is 0.457. The molecule has 3 heterocycles. The molecule has 3 aromatic rings. The zero-order chi connectivity index (χ0) is 37.0. The van der Waals surface area contributed by atoms with Crippen LogP contribution in [0.3, 0.4) is 0 Å². The Hall–Kier alpha value is -4.01. The Balaban J connectivity index is 1.41. The number of benzene rings is 2. The van der Waals surface area contributed by atoms with Gasteiger partial charge in [-0.25, -0.2) is 4.99 Å². The van der Waals surface area contributed by atoms with Crippen LogP contribution < -0.4 is 16.0 Å². The average Bonchev–Trinajstić information content (AvgIpc) is 3.66. The number of aliphatic imine (C=N–C) groups is 1. The summed E-state index contributed by atoms with van der Waals surface area (Å²) in [6.07, 6.45) is 0.00342. The fourth-order valence-electron chi connectivity index (χ4n) is 6.31. The van der Waals surface area contributed by atoms with Gasteiger partial charge in [0.05, 0.1) is 37.1 Å². The normalized spacial score (nSPS) is 17.7. The van der Waals surface area contributed by atoms with E-state index in [0.29, 0.717) is 43.1 Å². The number of halogens is 3. The van der Waals surface area contributed by atoms with Crippen LogP contribution in [0.4, 0.5) is 24.5 Å². The van der Waals surface area contributed by atoms with Gasteiger partial charge in [0.1, 0.15) is 0 Å². The van der Waals surface area contributed by atoms with Crippen LogP contribution in [0.25, 0.3) is 11.1 Å². The van der Waals surface area contributed by atoms with Gasteiger partial charge in [-0.3, -0.25) is 9.48 Å². The lowest BCUT2D eigenvalue weighted by atomic mass is 9.95. The Morgan fingerprint density at radius 1 is 1.08 bits per heavy atom. The highest BCUT2D eigenvalue weighted by Gasteiger charge is 2.49. The number of fused-ring (bicyclic) bond motifs is 1. The number of hydrogen-bond donors (Lipinski definition) is 4. The van der Waals surface area contributed by atoms with Gasteiger partial charge in [-0.1, -0.05) is 32.0 Å². The number of nitrogens with zero attached hydrogens (tertiary/aromatic N) is 5. The molecule has 5 rings (SSSR count). The predicted molar refractivity (Wildman–Crippen MR) is 194 cm³/mol. The molecule has 51 heavy (non-hydrogen) atoms. The maximum absolute atomic E-state index is 14.5. The molecule has 2 aromatic carbocycles. The molecule has 0 bridgehead atoms. The zero-order valence-corrected chi connectivity index (χ0v) is 30.7. The van der Waals surface area contributed by atoms with Crippen LogP contribution in [0.5, 0.6) is 0 Å². The van der Waals surface area contributed by atoms with Crippen molar-refractivity contribution < 1.29 is 31.9 Å². The van der Waals surface area contributed by atoms with E-state index in [0.717, 1.165) is 42.5 Å². The molecule has 0 radical (unpaired) electrons. The van der Waals surface area contributed by atoms with E-state index in [1.165, 1.54) is 6.92 Å². The third-order valence-corrected chi connectivity index (χ3v) is 11.0. The summed E-state index contributed by atoms with van der Waals surface area (Å²) in [6, 6.07) is 10.4. The number of carbonyl (C=O) groups is 1. The monoisotopic (exact) mass is 731 g/mol. The van der Waals surface area contributed by atoms with E-state index < -0.39 is 25.4 Å². The number of carbonyl (C=O) groups excluding carboxylic acids is 1. The van der Waals surface area contributed by atoms with Gasteiger partial charge in [0.2, 0.25) is 5.96 Å². The summed E-state index contributed by atoms with van der Waals surface area (Å²) in [5.74, 6) is -0.240. The predicted octanol–water partition coefficient (Wildman–Crippen LogP) is 6.45. The Bertz CT molecular complexity index is 1750. The highest BCUT2D eigenvalue weighted by atomic mass is 31.2. The van der Waals surface area contributed by atoms with Gasteiger partial charge in [-0.05, 0) is 68.8 Å². The summed E-state index contributed by atoms with van der Waals surface area (Å²) in [5, 5.41) is 13.2. The van der Waals surface area contributed by atoms with Gasteiger partial charge in [-0.15, -0.1) is 0 Å². The first-order valence-corrected chi connectivity index (χ1v) is 18.8. The number of alkyl halides is 3. The van der Waals surface area contributed by atoms with Crippen LogP contribution in [0, 0.1) is 0 Å². The van der Waals surface area contributed by atoms with E-state index in [4.69, 9.17) is 9.05 Å². The molecule has 0 fully saturated rings. The quantitative estimate of drug-likeness (QED) is 0.131. The molecule has 2 aliphatic rings. The molecule has 276 valence electrons. The van der Waals surface area contributed by atoms with Crippen LogP contribution in [0.2, 0.25) is 0 Å². The van der Waals surface area contributed by atoms with Crippen molar-refractivity contribution in [2.24, 2.45) is 4.99 Å². The van der Waals surface area contributed by atoms with Crippen molar-refractivity contribution in [2.45, 2.75) is 65.7 Å². The summed E-state index contributed by atoms with van der Waals surface area (Å²) in [7, 11) is -1.40. The summed E-state index contributed by atoms with van der Waals surface area (Å²) >= 11 is 0. The number of aromatic nitrogens is 2. The summed E-state index contributed by atoms with van der Waals surface area (Å²) in [6.45, 7) is 13.4. The van der Waals surface area contributed by atoms with E-state index >= 15 is 0 Å². The van der Waals surface area contributed by atoms with Crippen molar-refractivity contribution in [3.05, 3.63) is 77.3 Å². The molecule has 0 saturated carbocycles. The lowest BCUT2D eigenvalue weighted by Gasteiger charge is -2.35. The van der Waals surface area contributed by atoms with Crippen molar-refractivity contribution in [2.75, 3.05) is 50.5 Å². The molecule has 0 saturated heterocycles. The van der Waals surface area contributed by atoms with Gasteiger partial charge >= 0.3 is 14.1 Å². The number of likely N-dealkylation sites (N-methyl/N-ethyl adjacent to an activating group) is 1. The second-order valence-corrected chi connectivity index (χ2v) is 14.6. The van der Waals surface area contributed by atoms with Gasteiger partial charge in [0.25, 0.3) is 5.91 Å². The Labute approximate surface area is 297 Å². The van der Waals surface area contributed by atoms with Crippen molar-refractivity contribution in [1.82, 2.24) is 24.9 Å². The maximum atomic E-state index is 14.5. The second kappa shape index (κ2) is 15.7. The van der Waals surface area contributed by atoms with Gasteiger partial charge < -0.3 is 25.8 Å². The smallest absolute Gasteiger partial charge is 0.357 e. The minimum absolute atomic E-state index is 0.0622. The minimum Gasteiger partial charge on any atom is -0.357 e. The Morgan fingerprint density at radius 3 is 2.39 bits per heavy atom. The van der Waals surface area contributed by atoms with Gasteiger partial charge in [-0.2, -0.15) is 32.2 Å². The molecule has 12 nitrogen and oxygen atoms in total. The van der Waals surface area contributed by atoms with E-state index in [9.17, 15) is 22.9 Å². The third kappa shape index (κ3) is 8.73. The third-order valence-electron chi connectivity index (χ3n) is 8.91. The van der Waals surface area contributed by atoms with E-state index in [1.807, 2.05) is 16.9 Å². The topological polar surface area (TPSA) is 129 Å². The number of nitrogens with one attached hydrogen (secondary N) is 3. The standard InChI is InChI=1S/C35H46F3N8O4P/c1-7-45(8-2)17-18-46-21-25(19-40-46)27-15-16-29(31-28(27)22-44(6)32(31)47)42-34(5)30(35(36,37)38)20-39-33(43-34)41-26-13-11-24(12-14-26)23-51(48,49-9-3)50-10-4/h11-16,19-21,48H,7-10,17-18,22-23H2,1-6H3,(H2-,39,41,42,43,47)/p+1. The van der Waals surface area contributed by atoms with Crippen molar-refractivity contribution >= 4 is 31.2 Å². The number of rotatable bonds is 15. The van der Waals surface area contributed by atoms with E-state index in [1.54, 1.807) is 62.3 Å². The number of guanidine groups is 1. The first-order chi connectivity index (χ1) is 24.2. The number of anilines is 2. The van der Waals surface area contributed by atoms with Crippen molar-refractivity contribution in [1.29, 1.82) is 0 Å². The molecule has 16 heteroatoms. The van der Waals surface area contributed by atoms with E-state index in [-0.39, 0.29) is 23.7 Å². The van der Waals surface area contributed by atoms with Gasteiger partial charge in [0, 0.05) is 49.5 Å². The Kier molecular flexibility index (Phi) is 11.8. The highest BCUT2D eigenvalue weighted by molar-refractivity contribution is 7.59. The molecule has 2 aliphatic heterocycles. The Morgan fingerprint density at radius 2 is 1.76 bits per heavy atom. The highest BCUT2D eigenvalue weighted by Crippen LogP contribution is 2.59. The molecule has 4 N–H and O–H groups in total. The molecular formula is C35H47F3N8O4P+. The zero-order valence-electron chi connectivity index (χ0n) is 29.8. The maximum Gasteiger partial charge on any atom is 0.418 e. The van der Waals surface area contributed by atoms with Crippen molar-refractivity contribution in [3.8, 4) is 11.1 Å². The molecule has 1 atom stereocenters. The lowest BCUT2D eigenvalue weighted by molar-refractivity contribution is -0.0992. The lowest BCUT2D eigenvalue weighted by Crippen LogP contribution is -2.48. The molecule has 1 unspecified atom stereocenters. The SMILES string of the molecule is CCO[P+](O)(Cc1ccc(NC2=NC(C)(Nc3ccc(-c4cnn(CCN(CC)CC)c4)c4c3C(=O)N(C)C4)C(C(F)(F)F)=CN2)cc1)OCC. The van der Waals surface area contributed by atoms with E-state index in [2.05, 4.69) is 44.8 Å². The average molecular weight is 732 g/mol. The minimum atomic E-state index is -4.74. The summed E-state index contributed by atoms with van der Waals surface area (Å²) in [5.41, 5.74) is 1.20. The fourth-order valence-corrected chi connectivity index (χ4v) is 8.05. The van der Waals surface area contributed by atoms with Crippen LogP contribution >= 0.6 is 7.94 Å². The summed E-state index contributed by atoms with van der Waals surface area (Å²) in [4.78, 5) is 32.6. The van der Waals surface area contributed by atoms with Crippen LogP contribution in [-0.2, 0) is 28.3 Å². The largest absolute Gasteiger partial charge is 0.418 e. The van der Waals surface area contributed by atoms with Crippen LogP contribution in [0.1, 0.15) is 56.1 Å². The molecule has 0 aliphatic carbocycles. The van der Waals surface area contributed by atoms with Crippen molar-refractivity contribution in [3.63, 3.8) is 0 Å². The molecule has 1 amide bonds. The second-order valence-electron chi connectivity index (χ2n) is 12.5. The van der Waals surface area contributed by atoms with Gasteiger partial charge in [0.15, 0.2) is 11.8 Å². The van der Waals surface area contributed by atoms with Crippen LogP contribution in [0.15, 0.2) is 65.6 Å². The van der Waals surface area contributed by atoms with Crippen LogP contribution in [-0.4, -0.2) is 88.1 Å². The summed E-state index contributed by atoms with van der Waals surface area (Å²) < 4.78 is 56.3. The molecule has 0 spiro atoms.